The number of hydrogen-bond donors (Lipinski definition) is 2. The fourth-order valence-corrected chi connectivity index (χ4v) is 1.40. The molecule has 0 aliphatic carbocycles. The number of carboxylic acid groups (broad SMARTS) is 1. The number of benzene rings is 1. The number of fused-ring (bicyclic) bond motifs is 1. The molecule has 16 heavy (non-hydrogen) atoms. The average molecular weight is 217 g/mol. The summed E-state index contributed by atoms with van der Waals surface area (Å²) in [6.07, 6.45) is 1.64. The first kappa shape index (κ1) is 10.4. The van der Waals surface area contributed by atoms with Crippen LogP contribution in [0.3, 0.4) is 0 Å². The quantitative estimate of drug-likeness (QED) is 0.815. The van der Waals surface area contributed by atoms with E-state index in [1.807, 2.05) is 24.3 Å². The zero-order valence-corrected chi connectivity index (χ0v) is 8.71. The number of anilines is 1. The number of aliphatic carboxylic acids is 1. The summed E-state index contributed by atoms with van der Waals surface area (Å²) in [6, 6.07) is 6.86. The van der Waals surface area contributed by atoms with Gasteiger partial charge in [0, 0.05) is 10.8 Å². The molecule has 1 unspecified atom stereocenters. The Morgan fingerprint density at radius 3 is 2.94 bits per heavy atom. The van der Waals surface area contributed by atoms with Crippen LogP contribution >= 0.6 is 0 Å². The van der Waals surface area contributed by atoms with Crippen LogP contribution in [0.15, 0.2) is 30.5 Å². The molecule has 2 rings (SSSR count). The molecular weight excluding hydrogens is 206 g/mol. The Labute approximate surface area is 92.1 Å². The second-order valence-electron chi connectivity index (χ2n) is 3.48. The Balaban J connectivity index is 2.41. The minimum atomic E-state index is -0.922. The summed E-state index contributed by atoms with van der Waals surface area (Å²) in [6.45, 7) is 1.56. The summed E-state index contributed by atoms with van der Waals surface area (Å²) in [5.41, 5.74) is 0. The van der Waals surface area contributed by atoms with Crippen molar-refractivity contribution in [2.45, 2.75) is 13.0 Å². The van der Waals surface area contributed by atoms with Crippen molar-refractivity contribution in [1.82, 2.24) is 10.2 Å². The first-order chi connectivity index (χ1) is 7.68. The predicted octanol–water partition coefficient (Wildman–Crippen LogP) is 1.51. The van der Waals surface area contributed by atoms with Gasteiger partial charge in [0.05, 0.1) is 6.20 Å². The van der Waals surface area contributed by atoms with Gasteiger partial charge in [-0.3, -0.25) is 4.79 Å². The topological polar surface area (TPSA) is 75.1 Å². The van der Waals surface area contributed by atoms with Gasteiger partial charge >= 0.3 is 5.97 Å². The van der Waals surface area contributed by atoms with E-state index in [9.17, 15) is 4.79 Å². The minimum absolute atomic E-state index is 0.494. The highest BCUT2D eigenvalue weighted by Crippen LogP contribution is 2.19. The van der Waals surface area contributed by atoms with Crippen LogP contribution in [-0.4, -0.2) is 27.3 Å². The van der Waals surface area contributed by atoms with E-state index >= 15 is 0 Å². The lowest BCUT2D eigenvalue weighted by Crippen LogP contribution is -2.26. The molecule has 0 saturated heterocycles. The highest BCUT2D eigenvalue weighted by molar-refractivity contribution is 5.92. The maximum absolute atomic E-state index is 10.7. The monoisotopic (exact) mass is 217 g/mol. The molecule has 0 amide bonds. The Morgan fingerprint density at radius 2 is 2.19 bits per heavy atom. The largest absolute Gasteiger partial charge is 0.480 e. The number of carboxylic acids is 1. The van der Waals surface area contributed by atoms with E-state index in [1.54, 1.807) is 13.1 Å². The molecular formula is C11H11N3O2. The minimum Gasteiger partial charge on any atom is -0.480 e. The van der Waals surface area contributed by atoms with E-state index in [0.29, 0.717) is 5.82 Å². The zero-order chi connectivity index (χ0) is 11.5. The van der Waals surface area contributed by atoms with Crippen LogP contribution in [0, 0.1) is 0 Å². The number of aromatic nitrogens is 2. The number of nitrogens with one attached hydrogen (secondary N) is 1. The molecule has 1 aromatic heterocycles. The summed E-state index contributed by atoms with van der Waals surface area (Å²) in [4.78, 5) is 10.7. The van der Waals surface area contributed by atoms with Gasteiger partial charge in [0.2, 0.25) is 0 Å². The third-order valence-corrected chi connectivity index (χ3v) is 2.29. The van der Waals surface area contributed by atoms with Crippen molar-refractivity contribution < 1.29 is 9.90 Å². The Kier molecular flexibility index (Phi) is 2.68. The average Bonchev–Trinajstić information content (AvgIpc) is 2.29. The van der Waals surface area contributed by atoms with E-state index in [2.05, 4.69) is 15.5 Å². The fraction of sp³-hybridized carbons (Fsp3) is 0.182. The van der Waals surface area contributed by atoms with E-state index in [4.69, 9.17) is 5.11 Å². The van der Waals surface area contributed by atoms with Gasteiger partial charge in [-0.25, -0.2) is 0 Å². The van der Waals surface area contributed by atoms with Crippen LogP contribution in [-0.2, 0) is 4.79 Å². The van der Waals surface area contributed by atoms with Crippen LogP contribution in [0.1, 0.15) is 6.92 Å². The normalized spacial score (nSPS) is 12.3. The van der Waals surface area contributed by atoms with Crippen molar-refractivity contribution >= 4 is 22.6 Å². The number of carbonyl (C=O) groups is 1. The summed E-state index contributed by atoms with van der Waals surface area (Å²) < 4.78 is 0. The van der Waals surface area contributed by atoms with Gasteiger partial charge in [0.15, 0.2) is 5.82 Å². The molecule has 82 valence electrons. The summed E-state index contributed by atoms with van der Waals surface area (Å²) >= 11 is 0. The molecule has 5 nitrogen and oxygen atoms in total. The molecule has 2 N–H and O–H groups in total. The van der Waals surface area contributed by atoms with Gasteiger partial charge in [-0.05, 0) is 6.92 Å². The highest BCUT2D eigenvalue weighted by atomic mass is 16.4. The second kappa shape index (κ2) is 4.14. The zero-order valence-electron chi connectivity index (χ0n) is 8.71. The molecule has 0 bridgehead atoms. The summed E-state index contributed by atoms with van der Waals surface area (Å²) in [5, 5.41) is 21.1. The van der Waals surface area contributed by atoms with Crippen LogP contribution in [0.25, 0.3) is 10.8 Å². The van der Waals surface area contributed by atoms with Crippen LogP contribution in [0.2, 0.25) is 0 Å². The highest BCUT2D eigenvalue weighted by Gasteiger charge is 2.12. The number of hydrogen-bond acceptors (Lipinski definition) is 4. The van der Waals surface area contributed by atoms with E-state index in [0.717, 1.165) is 10.8 Å². The lowest BCUT2D eigenvalue weighted by molar-refractivity contribution is -0.137. The van der Waals surface area contributed by atoms with Gasteiger partial charge in [-0.15, -0.1) is 5.10 Å². The van der Waals surface area contributed by atoms with Crippen molar-refractivity contribution in [3.8, 4) is 0 Å². The smallest absolute Gasteiger partial charge is 0.325 e. The molecule has 0 spiro atoms. The number of nitrogens with zero attached hydrogens (tertiary/aromatic N) is 2. The van der Waals surface area contributed by atoms with Crippen LogP contribution in [0.4, 0.5) is 5.82 Å². The molecule has 0 aliphatic rings. The maximum Gasteiger partial charge on any atom is 0.325 e. The van der Waals surface area contributed by atoms with E-state index in [-0.39, 0.29) is 0 Å². The van der Waals surface area contributed by atoms with Crippen LogP contribution in [0.5, 0.6) is 0 Å². The molecule has 0 fully saturated rings. The van der Waals surface area contributed by atoms with Crippen molar-refractivity contribution in [2.24, 2.45) is 0 Å². The standard InChI is InChI=1S/C11H11N3O2/c1-7(11(15)16)13-10-9-5-3-2-4-8(9)6-12-14-10/h2-7H,1H3,(H,13,14)(H,15,16). The molecule has 2 aromatic rings. The van der Waals surface area contributed by atoms with Crippen molar-refractivity contribution in [2.75, 3.05) is 5.32 Å². The molecule has 1 atom stereocenters. The predicted molar refractivity (Wildman–Crippen MR) is 60.3 cm³/mol. The molecule has 0 radical (unpaired) electrons. The second-order valence-corrected chi connectivity index (χ2v) is 3.48. The lowest BCUT2D eigenvalue weighted by Gasteiger charge is -2.10. The van der Waals surface area contributed by atoms with E-state index in [1.165, 1.54) is 0 Å². The van der Waals surface area contributed by atoms with Crippen molar-refractivity contribution in [1.29, 1.82) is 0 Å². The fourth-order valence-electron chi connectivity index (χ4n) is 1.40. The van der Waals surface area contributed by atoms with Crippen molar-refractivity contribution in [3.05, 3.63) is 30.5 Å². The third-order valence-electron chi connectivity index (χ3n) is 2.29. The van der Waals surface area contributed by atoms with Gasteiger partial charge in [0.25, 0.3) is 0 Å². The van der Waals surface area contributed by atoms with Gasteiger partial charge in [-0.2, -0.15) is 5.10 Å². The first-order valence-corrected chi connectivity index (χ1v) is 4.88. The number of rotatable bonds is 3. The van der Waals surface area contributed by atoms with Gasteiger partial charge in [0.1, 0.15) is 6.04 Å². The molecule has 1 aromatic carbocycles. The molecule has 1 heterocycles. The Hall–Kier alpha value is -2.17. The van der Waals surface area contributed by atoms with Crippen molar-refractivity contribution in [3.63, 3.8) is 0 Å². The molecule has 5 heteroatoms. The third kappa shape index (κ3) is 1.93. The van der Waals surface area contributed by atoms with E-state index < -0.39 is 12.0 Å². The Morgan fingerprint density at radius 1 is 1.44 bits per heavy atom. The molecule has 0 saturated carbocycles. The maximum atomic E-state index is 10.7. The Bertz CT molecular complexity index is 522. The lowest BCUT2D eigenvalue weighted by atomic mass is 10.2. The van der Waals surface area contributed by atoms with Gasteiger partial charge < -0.3 is 10.4 Å². The van der Waals surface area contributed by atoms with Crippen LogP contribution < -0.4 is 5.32 Å². The summed E-state index contributed by atoms with van der Waals surface area (Å²) in [5.74, 6) is -0.428. The first-order valence-electron chi connectivity index (χ1n) is 4.88. The van der Waals surface area contributed by atoms with Gasteiger partial charge in [-0.1, -0.05) is 24.3 Å². The summed E-state index contributed by atoms with van der Waals surface area (Å²) in [7, 11) is 0. The molecule has 0 aliphatic heterocycles. The SMILES string of the molecule is CC(Nc1nncc2ccccc12)C(=O)O.